The van der Waals surface area contributed by atoms with E-state index < -0.39 is 0 Å². The molecule has 0 spiro atoms. The summed E-state index contributed by atoms with van der Waals surface area (Å²) in [4.78, 5) is 12.4. The summed E-state index contributed by atoms with van der Waals surface area (Å²) in [5.41, 5.74) is 14.1. The van der Waals surface area contributed by atoms with Gasteiger partial charge in [-0.25, -0.2) is 15.0 Å². The van der Waals surface area contributed by atoms with Crippen molar-refractivity contribution >= 4 is 11.5 Å². The molecule has 4 N–H and O–H groups in total. The van der Waals surface area contributed by atoms with E-state index in [1.54, 1.807) is 30.7 Å². The molecular formula is C13H11N5O. The fourth-order valence-electron chi connectivity index (χ4n) is 1.79. The largest absolute Gasteiger partial charge is 0.463 e. The van der Waals surface area contributed by atoms with E-state index in [1.807, 2.05) is 6.07 Å². The maximum Gasteiger partial charge on any atom is 0.153 e. The number of rotatable bonds is 2. The first-order valence-corrected chi connectivity index (χ1v) is 5.62. The molecule has 0 saturated carbocycles. The molecule has 94 valence electrons. The van der Waals surface area contributed by atoms with E-state index in [0.29, 0.717) is 22.8 Å². The Morgan fingerprint density at radius 3 is 2.74 bits per heavy atom. The van der Waals surface area contributed by atoms with Crippen LogP contribution in [0.1, 0.15) is 0 Å². The quantitative estimate of drug-likeness (QED) is 0.723. The maximum atomic E-state index is 5.82. The van der Waals surface area contributed by atoms with Crippen LogP contribution in [0.25, 0.3) is 22.7 Å². The number of nitrogens with zero attached hydrogens (tertiary/aromatic N) is 3. The highest BCUT2D eigenvalue weighted by atomic mass is 16.3. The third-order valence-electron chi connectivity index (χ3n) is 2.70. The zero-order valence-corrected chi connectivity index (χ0v) is 9.95. The third kappa shape index (κ3) is 1.99. The Morgan fingerprint density at radius 2 is 2.05 bits per heavy atom. The first-order valence-electron chi connectivity index (χ1n) is 5.62. The van der Waals surface area contributed by atoms with Crippen molar-refractivity contribution in [2.24, 2.45) is 0 Å². The fraction of sp³-hybridized carbons (Fsp3) is 0. The van der Waals surface area contributed by atoms with Crippen molar-refractivity contribution in [3.05, 3.63) is 43.1 Å². The summed E-state index contributed by atoms with van der Waals surface area (Å²) < 4.78 is 5.37. The maximum absolute atomic E-state index is 5.82. The summed E-state index contributed by atoms with van der Waals surface area (Å²) in [6.07, 6.45) is 4.70. The molecule has 19 heavy (non-hydrogen) atoms. The molecule has 0 unspecified atom stereocenters. The van der Waals surface area contributed by atoms with Crippen molar-refractivity contribution in [2.75, 3.05) is 11.5 Å². The third-order valence-corrected chi connectivity index (χ3v) is 2.70. The van der Waals surface area contributed by atoms with Gasteiger partial charge in [0.25, 0.3) is 0 Å². The molecule has 0 aliphatic carbocycles. The van der Waals surface area contributed by atoms with Crippen LogP contribution < -0.4 is 11.5 Å². The molecule has 3 aromatic heterocycles. The second-order valence-electron chi connectivity index (χ2n) is 3.93. The van der Waals surface area contributed by atoms with Crippen LogP contribution in [0.2, 0.25) is 0 Å². The first-order chi connectivity index (χ1) is 9.25. The Hall–Kier alpha value is -2.89. The molecule has 0 atom stereocenters. The Balaban J connectivity index is 2.26. The van der Waals surface area contributed by atoms with E-state index in [-0.39, 0.29) is 5.82 Å². The molecule has 0 aliphatic heterocycles. The highest BCUT2D eigenvalue weighted by molar-refractivity contribution is 5.82. The van der Waals surface area contributed by atoms with Gasteiger partial charge < -0.3 is 15.9 Å². The molecule has 6 nitrogen and oxygen atoms in total. The minimum atomic E-state index is 0.268. The number of hydrogen-bond acceptors (Lipinski definition) is 6. The van der Waals surface area contributed by atoms with Crippen molar-refractivity contribution in [2.45, 2.75) is 0 Å². The molecule has 0 aromatic carbocycles. The van der Waals surface area contributed by atoms with Crippen LogP contribution in [0.15, 0.2) is 47.5 Å². The monoisotopic (exact) mass is 253 g/mol. The van der Waals surface area contributed by atoms with Gasteiger partial charge in [0.15, 0.2) is 5.76 Å². The molecule has 0 aliphatic rings. The van der Waals surface area contributed by atoms with Crippen molar-refractivity contribution in [3.8, 4) is 22.7 Å². The number of furan rings is 1. The molecular weight excluding hydrogens is 242 g/mol. The van der Waals surface area contributed by atoms with Gasteiger partial charge in [-0.05, 0) is 24.3 Å². The Labute approximate surface area is 109 Å². The molecule has 0 saturated heterocycles. The lowest BCUT2D eigenvalue weighted by Crippen LogP contribution is -2.01. The van der Waals surface area contributed by atoms with Crippen LogP contribution in [-0.4, -0.2) is 15.0 Å². The zero-order valence-electron chi connectivity index (χ0n) is 9.95. The number of aromatic nitrogens is 3. The molecule has 0 bridgehead atoms. The molecule has 3 aromatic rings. The Kier molecular flexibility index (Phi) is 2.60. The lowest BCUT2D eigenvalue weighted by Gasteiger charge is -2.09. The first kappa shape index (κ1) is 11.2. The highest BCUT2D eigenvalue weighted by Crippen LogP contribution is 2.32. The van der Waals surface area contributed by atoms with E-state index >= 15 is 0 Å². The van der Waals surface area contributed by atoms with Gasteiger partial charge in [-0.1, -0.05) is 0 Å². The Bertz CT molecular complexity index is 695. The van der Waals surface area contributed by atoms with Gasteiger partial charge in [-0.2, -0.15) is 0 Å². The second-order valence-corrected chi connectivity index (χ2v) is 3.93. The average Bonchev–Trinajstić information content (AvgIpc) is 2.96. The number of pyridine rings is 1. The molecule has 0 radical (unpaired) electrons. The highest BCUT2D eigenvalue weighted by Gasteiger charge is 2.15. The van der Waals surface area contributed by atoms with Gasteiger partial charge >= 0.3 is 0 Å². The summed E-state index contributed by atoms with van der Waals surface area (Å²) in [5.74, 6) is 0.879. The minimum absolute atomic E-state index is 0.268. The van der Waals surface area contributed by atoms with E-state index in [0.717, 1.165) is 5.56 Å². The van der Waals surface area contributed by atoms with Crippen LogP contribution in [-0.2, 0) is 0 Å². The van der Waals surface area contributed by atoms with Crippen molar-refractivity contribution in [1.29, 1.82) is 0 Å². The SMILES string of the molecule is Nc1cc(-c2ccncn2)c(-c2ccco2)nc1N. The van der Waals surface area contributed by atoms with Gasteiger partial charge in [0.2, 0.25) is 0 Å². The topological polar surface area (TPSA) is 104 Å². The lowest BCUT2D eigenvalue weighted by atomic mass is 10.1. The molecule has 3 rings (SSSR count). The summed E-state index contributed by atoms with van der Waals surface area (Å²) in [7, 11) is 0. The fourth-order valence-corrected chi connectivity index (χ4v) is 1.79. The van der Waals surface area contributed by atoms with Crippen molar-refractivity contribution in [3.63, 3.8) is 0 Å². The van der Waals surface area contributed by atoms with Crippen LogP contribution in [0, 0.1) is 0 Å². The van der Waals surface area contributed by atoms with Crippen LogP contribution >= 0.6 is 0 Å². The standard InChI is InChI=1S/C13H11N5O/c14-9-6-8(10-3-4-16-7-17-10)12(18-13(9)15)11-2-1-5-19-11/h1-7H,14H2,(H2,15,18). The lowest BCUT2D eigenvalue weighted by molar-refractivity contribution is 0.580. The summed E-state index contributed by atoms with van der Waals surface area (Å²) >= 11 is 0. The van der Waals surface area contributed by atoms with Gasteiger partial charge in [0.1, 0.15) is 17.8 Å². The minimum Gasteiger partial charge on any atom is -0.463 e. The smallest absolute Gasteiger partial charge is 0.153 e. The van der Waals surface area contributed by atoms with Crippen LogP contribution in [0.5, 0.6) is 0 Å². The Morgan fingerprint density at radius 1 is 1.16 bits per heavy atom. The number of hydrogen-bond donors (Lipinski definition) is 2. The predicted molar refractivity (Wildman–Crippen MR) is 71.8 cm³/mol. The molecule has 0 fully saturated rings. The van der Waals surface area contributed by atoms with Crippen molar-refractivity contribution < 1.29 is 4.42 Å². The molecule has 6 heteroatoms. The normalized spacial score (nSPS) is 10.5. The van der Waals surface area contributed by atoms with Crippen LogP contribution in [0.4, 0.5) is 11.5 Å². The zero-order chi connectivity index (χ0) is 13.2. The number of anilines is 2. The number of nitrogen functional groups attached to an aromatic ring is 2. The summed E-state index contributed by atoms with van der Waals surface area (Å²) in [6.45, 7) is 0. The molecule has 3 heterocycles. The average molecular weight is 253 g/mol. The van der Waals surface area contributed by atoms with Crippen LogP contribution in [0.3, 0.4) is 0 Å². The van der Waals surface area contributed by atoms with E-state index in [4.69, 9.17) is 15.9 Å². The predicted octanol–water partition coefficient (Wildman–Crippen LogP) is 1.96. The van der Waals surface area contributed by atoms with Gasteiger partial charge in [-0.15, -0.1) is 0 Å². The van der Waals surface area contributed by atoms with Gasteiger partial charge in [0, 0.05) is 11.8 Å². The van der Waals surface area contributed by atoms with E-state index in [9.17, 15) is 0 Å². The summed E-state index contributed by atoms with van der Waals surface area (Å²) in [6, 6.07) is 7.11. The summed E-state index contributed by atoms with van der Waals surface area (Å²) in [5, 5.41) is 0. The van der Waals surface area contributed by atoms with Crippen molar-refractivity contribution in [1.82, 2.24) is 15.0 Å². The molecule has 0 amide bonds. The second kappa shape index (κ2) is 4.41. The van der Waals surface area contributed by atoms with E-state index in [2.05, 4.69) is 15.0 Å². The van der Waals surface area contributed by atoms with Gasteiger partial charge in [-0.3, -0.25) is 0 Å². The van der Waals surface area contributed by atoms with E-state index in [1.165, 1.54) is 6.33 Å². The number of nitrogens with two attached hydrogens (primary N) is 2. The van der Waals surface area contributed by atoms with Gasteiger partial charge in [0.05, 0.1) is 17.6 Å².